The Balaban J connectivity index is 0.00000256. The molecule has 7 nitrogen and oxygen atoms in total. The first kappa shape index (κ1) is 22.3. The Bertz CT molecular complexity index is 898. The summed E-state index contributed by atoms with van der Waals surface area (Å²) < 4.78 is 1.91. The summed E-state index contributed by atoms with van der Waals surface area (Å²) in [6.45, 7) is 7.35. The molecular formula is C22H30ClN5O2. The van der Waals surface area contributed by atoms with Gasteiger partial charge in [0.25, 0.3) is 0 Å². The fourth-order valence-electron chi connectivity index (χ4n) is 4.46. The lowest BCUT2D eigenvalue weighted by Gasteiger charge is -2.41. The second kappa shape index (κ2) is 9.62. The first-order valence-electron chi connectivity index (χ1n) is 10.4. The molecule has 1 aromatic carbocycles. The van der Waals surface area contributed by atoms with Crippen molar-refractivity contribution in [3.63, 3.8) is 0 Å². The van der Waals surface area contributed by atoms with Crippen LogP contribution in [0.3, 0.4) is 0 Å². The van der Waals surface area contributed by atoms with E-state index in [1.54, 1.807) is 0 Å². The van der Waals surface area contributed by atoms with E-state index in [1.807, 2.05) is 58.7 Å². The Labute approximate surface area is 183 Å². The summed E-state index contributed by atoms with van der Waals surface area (Å²) in [5.74, 6) is 0.266. The summed E-state index contributed by atoms with van der Waals surface area (Å²) in [6.07, 6.45) is 2.26. The molecule has 4 rings (SSSR count). The third-order valence-electron chi connectivity index (χ3n) is 6.09. The first-order valence-corrected chi connectivity index (χ1v) is 10.4. The third-order valence-corrected chi connectivity index (χ3v) is 6.09. The van der Waals surface area contributed by atoms with Crippen molar-refractivity contribution in [2.24, 2.45) is 0 Å². The standard InChI is InChI=1S/C22H29N5O2.ClH/c1-16-20(17(2)27(24-16)18-7-4-3-5-8-18)13-21(28)25-11-6-9-19(15-25)26-12-10-23-14-22(26)29;/h3-5,7-8,19,23H,6,9-15H2,1-2H3;1H. The topological polar surface area (TPSA) is 70.5 Å². The number of hydrogen-bond donors (Lipinski definition) is 1. The smallest absolute Gasteiger partial charge is 0.236 e. The number of piperidine rings is 1. The van der Waals surface area contributed by atoms with Gasteiger partial charge in [-0.1, -0.05) is 18.2 Å². The van der Waals surface area contributed by atoms with Crippen LogP contribution in [0.4, 0.5) is 0 Å². The van der Waals surface area contributed by atoms with Gasteiger partial charge >= 0.3 is 0 Å². The predicted octanol–water partition coefficient (Wildman–Crippen LogP) is 1.88. The molecule has 1 N–H and O–H groups in total. The Morgan fingerprint density at radius 3 is 2.70 bits per heavy atom. The highest BCUT2D eigenvalue weighted by Crippen LogP contribution is 2.21. The molecule has 8 heteroatoms. The van der Waals surface area contributed by atoms with Crippen LogP contribution in [0.25, 0.3) is 5.69 Å². The summed E-state index contributed by atoms with van der Waals surface area (Å²) >= 11 is 0. The Morgan fingerprint density at radius 1 is 1.20 bits per heavy atom. The van der Waals surface area contributed by atoms with Crippen LogP contribution < -0.4 is 5.32 Å². The average Bonchev–Trinajstić information content (AvgIpc) is 3.03. The molecule has 1 atom stereocenters. The highest BCUT2D eigenvalue weighted by molar-refractivity contribution is 5.85. The van der Waals surface area contributed by atoms with Gasteiger partial charge in [-0.3, -0.25) is 9.59 Å². The summed E-state index contributed by atoms with van der Waals surface area (Å²) in [7, 11) is 0. The minimum absolute atomic E-state index is 0. The largest absolute Gasteiger partial charge is 0.340 e. The molecule has 2 amide bonds. The number of aryl methyl sites for hydroxylation is 1. The van der Waals surface area contributed by atoms with Crippen molar-refractivity contribution < 1.29 is 9.59 Å². The lowest BCUT2D eigenvalue weighted by molar-refractivity contribution is -0.140. The quantitative estimate of drug-likeness (QED) is 0.802. The fraction of sp³-hybridized carbons (Fsp3) is 0.500. The van der Waals surface area contributed by atoms with E-state index in [1.165, 1.54) is 0 Å². The lowest BCUT2D eigenvalue weighted by Crippen LogP contribution is -2.57. The van der Waals surface area contributed by atoms with Gasteiger partial charge in [-0.15, -0.1) is 12.4 Å². The van der Waals surface area contributed by atoms with Crippen LogP contribution in [0.2, 0.25) is 0 Å². The molecule has 162 valence electrons. The SMILES string of the molecule is Cc1nn(-c2ccccc2)c(C)c1CC(=O)N1CCCC(N2CCNCC2=O)C1.Cl. The highest BCUT2D eigenvalue weighted by Gasteiger charge is 2.32. The molecule has 1 aromatic heterocycles. The highest BCUT2D eigenvalue weighted by atomic mass is 35.5. The van der Waals surface area contributed by atoms with Crippen molar-refractivity contribution in [3.8, 4) is 5.69 Å². The third kappa shape index (κ3) is 4.52. The number of carbonyl (C=O) groups excluding carboxylic acids is 2. The normalized spacial score (nSPS) is 19.5. The van der Waals surface area contributed by atoms with Gasteiger partial charge in [0.15, 0.2) is 0 Å². The van der Waals surface area contributed by atoms with E-state index in [4.69, 9.17) is 0 Å². The van der Waals surface area contributed by atoms with Crippen molar-refractivity contribution in [1.29, 1.82) is 0 Å². The second-order valence-electron chi connectivity index (χ2n) is 7.97. The summed E-state index contributed by atoms with van der Waals surface area (Å²) in [5, 5.41) is 7.78. The summed E-state index contributed by atoms with van der Waals surface area (Å²) in [4.78, 5) is 29.2. The van der Waals surface area contributed by atoms with Gasteiger partial charge in [0, 0.05) is 43.5 Å². The molecule has 0 saturated carbocycles. The van der Waals surface area contributed by atoms with Crippen molar-refractivity contribution in [3.05, 3.63) is 47.3 Å². The zero-order valence-electron chi connectivity index (χ0n) is 17.6. The molecule has 2 fully saturated rings. The molecule has 0 aliphatic carbocycles. The lowest BCUT2D eigenvalue weighted by atomic mass is 10.0. The van der Waals surface area contributed by atoms with Crippen LogP contribution in [-0.2, 0) is 16.0 Å². The number of likely N-dealkylation sites (tertiary alicyclic amines) is 1. The van der Waals surface area contributed by atoms with Crippen LogP contribution >= 0.6 is 12.4 Å². The number of hydrogen-bond acceptors (Lipinski definition) is 4. The molecule has 30 heavy (non-hydrogen) atoms. The van der Waals surface area contributed by atoms with Crippen LogP contribution in [-0.4, -0.2) is 70.2 Å². The molecule has 2 saturated heterocycles. The van der Waals surface area contributed by atoms with Crippen molar-refractivity contribution in [2.75, 3.05) is 32.7 Å². The van der Waals surface area contributed by atoms with E-state index in [9.17, 15) is 9.59 Å². The molecule has 3 heterocycles. The summed E-state index contributed by atoms with van der Waals surface area (Å²) in [6, 6.07) is 10.1. The molecular weight excluding hydrogens is 402 g/mol. The zero-order valence-corrected chi connectivity index (χ0v) is 18.5. The van der Waals surface area contributed by atoms with Gasteiger partial charge in [0.05, 0.1) is 24.3 Å². The van der Waals surface area contributed by atoms with Crippen molar-refractivity contribution >= 4 is 24.2 Å². The van der Waals surface area contributed by atoms with Gasteiger partial charge in [-0.25, -0.2) is 4.68 Å². The van der Waals surface area contributed by atoms with E-state index >= 15 is 0 Å². The van der Waals surface area contributed by atoms with E-state index in [0.29, 0.717) is 19.5 Å². The van der Waals surface area contributed by atoms with Gasteiger partial charge in [0.2, 0.25) is 11.8 Å². The number of rotatable bonds is 4. The predicted molar refractivity (Wildman–Crippen MR) is 118 cm³/mol. The van der Waals surface area contributed by atoms with Gasteiger partial charge in [-0.2, -0.15) is 5.10 Å². The maximum atomic E-state index is 13.1. The number of piperazine rings is 1. The van der Waals surface area contributed by atoms with Gasteiger partial charge in [0.1, 0.15) is 0 Å². The minimum Gasteiger partial charge on any atom is -0.340 e. The second-order valence-corrected chi connectivity index (χ2v) is 7.97. The van der Waals surface area contributed by atoms with Gasteiger partial charge in [-0.05, 0) is 38.8 Å². The number of amides is 2. The Hall–Kier alpha value is -2.38. The minimum atomic E-state index is 0. The van der Waals surface area contributed by atoms with Crippen LogP contribution in [0, 0.1) is 13.8 Å². The number of halogens is 1. The number of benzene rings is 1. The molecule has 2 aromatic rings. The van der Waals surface area contributed by atoms with E-state index in [2.05, 4.69) is 10.4 Å². The maximum Gasteiger partial charge on any atom is 0.236 e. The molecule has 1 unspecified atom stereocenters. The zero-order chi connectivity index (χ0) is 20.4. The van der Waals surface area contributed by atoms with E-state index in [0.717, 1.165) is 55.1 Å². The van der Waals surface area contributed by atoms with Crippen LogP contribution in [0.15, 0.2) is 30.3 Å². The Kier molecular flexibility index (Phi) is 7.15. The summed E-state index contributed by atoms with van der Waals surface area (Å²) in [5.41, 5.74) is 3.90. The average molecular weight is 432 g/mol. The Morgan fingerprint density at radius 2 is 1.97 bits per heavy atom. The number of nitrogens with one attached hydrogen (secondary N) is 1. The fourth-order valence-corrected chi connectivity index (χ4v) is 4.46. The van der Waals surface area contributed by atoms with Gasteiger partial charge < -0.3 is 15.1 Å². The van der Waals surface area contributed by atoms with Crippen LogP contribution in [0.5, 0.6) is 0 Å². The van der Waals surface area contributed by atoms with Crippen LogP contribution in [0.1, 0.15) is 29.8 Å². The van der Waals surface area contributed by atoms with Crippen molar-refractivity contribution in [2.45, 2.75) is 39.2 Å². The molecule has 2 aliphatic heterocycles. The molecule has 2 aliphatic rings. The number of carbonyl (C=O) groups is 2. The number of nitrogens with zero attached hydrogens (tertiary/aromatic N) is 4. The maximum absolute atomic E-state index is 13.1. The monoisotopic (exact) mass is 431 g/mol. The number of aromatic nitrogens is 2. The molecule has 0 bridgehead atoms. The molecule has 0 spiro atoms. The van der Waals surface area contributed by atoms with Crippen molar-refractivity contribution in [1.82, 2.24) is 24.9 Å². The van der Waals surface area contributed by atoms with E-state index < -0.39 is 0 Å². The molecule has 0 radical (unpaired) electrons. The van der Waals surface area contributed by atoms with E-state index in [-0.39, 0.29) is 30.3 Å². The number of para-hydroxylation sites is 1. The first-order chi connectivity index (χ1) is 14.0.